The molecule has 0 aliphatic carbocycles. The molecule has 0 bridgehead atoms. The number of anilines is 1. The van der Waals surface area contributed by atoms with E-state index in [0.29, 0.717) is 38.6 Å². The molecule has 3 aromatic heterocycles. The SMILES string of the molecule is CCc1c(C)sc(NC(=O)c2cc3nc(-c4ccc5c(c4)OCO5)cc(C(F)(F)F)n3n2)c1C#N. The van der Waals surface area contributed by atoms with Crippen molar-refractivity contribution in [2.45, 2.75) is 26.4 Å². The van der Waals surface area contributed by atoms with Crippen molar-refractivity contribution >= 4 is 27.9 Å². The lowest BCUT2D eigenvalue weighted by atomic mass is 10.1. The van der Waals surface area contributed by atoms with Crippen LogP contribution in [0, 0.1) is 18.3 Å². The Hall–Kier alpha value is -4.11. The quantitative estimate of drug-likeness (QED) is 0.414. The molecule has 5 rings (SSSR count). The number of nitrogens with one attached hydrogen (secondary N) is 1. The van der Waals surface area contributed by atoms with Gasteiger partial charge in [0.2, 0.25) is 6.79 Å². The number of ether oxygens (including phenoxy) is 2. The zero-order valence-corrected chi connectivity index (χ0v) is 19.2. The topological polar surface area (TPSA) is 102 Å². The van der Waals surface area contributed by atoms with Gasteiger partial charge >= 0.3 is 6.18 Å². The van der Waals surface area contributed by atoms with E-state index in [2.05, 4.69) is 21.5 Å². The molecular formula is C23H16F3N5O3S. The lowest BCUT2D eigenvalue weighted by molar-refractivity contribution is -0.142. The number of rotatable bonds is 4. The van der Waals surface area contributed by atoms with Crippen LogP contribution in [0.3, 0.4) is 0 Å². The highest BCUT2D eigenvalue weighted by atomic mass is 32.1. The Kier molecular flexibility index (Phi) is 5.36. The first kappa shape index (κ1) is 22.7. The van der Waals surface area contributed by atoms with Gasteiger partial charge in [-0.2, -0.15) is 23.5 Å². The van der Waals surface area contributed by atoms with Crippen LogP contribution < -0.4 is 14.8 Å². The molecule has 0 atom stereocenters. The van der Waals surface area contributed by atoms with Crippen LogP contribution in [0.5, 0.6) is 11.5 Å². The molecule has 12 heteroatoms. The smallest absolute Gasteiger partial charge is 0.433 e. The first-order valence-corrected chi connectivity index (χ1v) is 11.2. The second kappa shape index (κ2) is 8.28. The Morgan fingerprint density at radius 3 is 2.74 bits per heavy atom. The molecule has 1 aliphatic heterocycles. The van der Waals surface area contributed by atoms with Crippen molar-refractivity contribution < 1.29 is 27.4 Å². The Morgan fingerprint density at radius 2 is 2.03 bits per heavy atom. The van der Waals surface area contributed by atoms with Gasteiger partial charge in [0.1, 0.15) is 11.1 Å². The molecule has 0 spiro atoms. The third-order valence-corrected chi connectivity index (χ3v) is 6.58. The molecule has 1 N–H and O–H groups in total. The number of aromatic nitrogens is 3. The van der Waals surface area contributed by atoms with Crippen LogP contribution in [-0.2, 0) is 12.6 Å². The maximum atomic E-state index is 13.9. The van der Waals surface area contributed by atoms with Crippen LogP contribution in [0.4, 0.5) is 18.2 Å². The minimum Gasteiger partial charge on any atom is -0.454 e. The molecule has 1 aliphatic rings. The average Bonchev–Trinajstić information content (AvgIpc) is 3.53. The summed E-state index contributed by atoms with van der Waals surface area (Å²) < 4.78 is 52.9. The molecule has 4 aromatic rings. The number of halogens is 3. The predicted octanol–water partition coefficient (Wildman–Crippen LogP) is 5.20. The Balaban J connectivity index is 1.56. The molecule has 1 amide bonds. The van der Waals surface area contributed by atoms with Crippen molar-refractivity contribution in [3.05, 3.63) is 57.7 Å². The van der Waals surface area contributed by atoms with E-state index in [0.717, 1.165) is 16.5 Å². The summed E-state index contributed by atoms with van der Waals surface area (Å²) in [6.07, 6.45) is -4.15. The van der Waals surface area contributed by atoms with Crippen molar-refractivity contribution in [1.82, 2.24) is 14.6 Å². The number of carbonyl (C=O) groups excluding carboxylic acids is 1. The molecule has 178 valence electrons. The maximum absolute atomic E-state index is 13.9. The number of hydrogen-bond acceptors (Lipinski definition) is 7. The number of nitriles is 1. The van der Waals surface area contributed by atoms with E-state index in [1.54, 1.807) is 18.2 Å². The number of carbonyl (C=O) groups is 1. The van der Waals surface area contributed by atoms with Crippen LogP contribution in [0.15, 0.2) is 30.3 Å². The van der Waals surface area contributed by atoms with Gasteiger partial charge in [0.25, 0.3) is 5.91 Å². The number of hydrogen-bond donors (Lipinski definition) is 1. The van der Waals surface area contributed by atoms with E-state index in [9.17, 15) is 23.2 Å². The molecule has 8 nitrogen and oxygen atoms in total. The zero-order chi connectivity index (χ0) is 24.9. The third kappa shape index (κ3) is 3.93. The standard InChI is InChI=1S/C23H16F3N5O3S/c1-3-13-11(2)35-22(14(13)9-27)29-21(32)16-8-20-28-15(7-19(23(24,25)26)31(20)30-16)12-4-5-17-18(6-12)34-10-33-17/h4-8H,3,10H2,1-2H3,(H,29,32). The largest absolute Gasteiger partial charge is 0.454 e. The Morgan fingerprint density at radius 1 is 1.26 bits per heavy atom. The van der Waals surface area contributed by atoms with E-state index in [1.807, 2.05) is 13.8 Å². The van der Waals surface area contributed by atoms with Gasteiger partial charge in [-0.3, -0.25) is 4.79 Å². The van der Waals surface area contributed by atoms with Crippen LogP contribution in [0.1, 0.15) is 39.1 Å². The van der Waals surface area contributed by atoms with Crippen molar-refractivity contribution in [2.24, 2.45) is 0 Å². The highest BCUT2D eigenvalue weighted by molar-refractivity contribution is 7.16. The van der Waals surface area contributed by atoms with Gasteiger partial charge in [-0.25, -0.2) is 9.50 Å². The van der Waals surface area contributed by atoms with Gasteiger partial charge in [-0.15, -0.1) is 11.3 Å². The van der Waals surface area contributed by atoms with Crippen molar-refractivity contribution in [1.29, 1.82) is 5.26 Å². The minimum absolute atomic E-state index is 0.0250. The third-order valence-electron chi connectivity index (χ3n) is 5.52. The number of amides is 1. The van der Waals surface area contributed by atoms with Gasteiger partial charge in [-0.1, -0.05) is 6.92 Å². The molecule has 35 heavy (non-hydrogen) atoms. The molecule has 0 saturated carbocycles. The second-order valence-corrected chi connectivity index (χ2v) is 8.88. The summed E-state index contributed by atoms with van der Waals surface area (Å²) in [6.45, 7) is 3.75. The van der Waals surface area contributed by atoms with E-state index in [4.69, 9.17) is 9.47 Å². The van der Waals surface area contributed by atoms with Crippen LogP contribution in [0.25, 0.3) is 16.9 Å². The van der Waals surface area contributed by atoms with Crippen LogP contribution >= 0.6 is 11.3 Å². The van der Waals surface area contributed by atoms with Gasteiger partial charge in [0, 0.05) is 16.5 Å². The van der Waals surface area contributed by atoms with Crippen LogP contribution in [0.2, 0.25) is 0 Å². The molecule has 1 aromatic carbocycles. The van der Waals surface area contributed by atoms with Crippen molar-refractivity contribution in [3.63, 3.8) is 0 Å². The van der Waals surface area contributed by atoms with Gasteiger partial charge in [0.15, 0.2) is 28.5 Å². The summed E-state index contributed by atoms with van der Waals surface area (Å²) >= 11 is 1.23. The molecule has 0 saturated heterocycles. The first-order chi connectivity index (χ1) is 16.7. The normalized spacial score (nSPS) is 12.7. The number of fused-ring (bicyclic) bond motifs is 2. The molecule has 0 radical (unpaired) electrons. The summed E-state index contributed by atoms with van der Waals surface area (Å²) in [5.41, 5.74) is 0.0572. The predicted molar refractivity (Wildman–Crippen MR) is 121 cm³/mol. The number of aryl methyl sites for hydroxylation is 1. The first-order valence-electron chi connectivity index (χ1n) is 10.4. The van der Waals surface area contributed by atoms with E-state index in [-0.39, 0.29) is 23.8 Å². The summed E-state index contributed by atoms with van der Waals surface area (Å²) in [5, 5.41) is 16.3. The summed E-state index contributed by atoms with van der Waals surface area (Å²) in [5.74, 6) is 0.145. The average molecular weight is 499 g/mol. The van der Waals surface area contributed by atoms with E-state index in [1.165, 1.54) is 17.4 Å². The minimum atomic E-state index is -4.76. The van der Waals surface area contributed by atoms with Crippen molar-refractivity contribution in [2.75, 3.05) is 12.1 Å². The van der Waals surface area contributed by atoms with E-state index >= 15 is 0 Å². The molecule has 0 fully saturated rings. The second-order valence-electron chi connectivity index (χ2n) is 7.65. The molecule has 0 unspecified atom stereocenters. The summed E-state index contributed by atoms with van der Waals surface area (Å²) in [6, 6.07) is 8.82. The molecular weight excluding hydrogens is 483 g/mol. The highest BCUT2D eigenvalue weighted by Gasteiger charge is 2.36. The summed E-state index contributed by atoms with van der Waals surface area (Å²) in [4.78, 5) is 18.0. The van der Waals surface area contributed by atoms with Gasteiger partial charge in [0.05, 0.1) is 11.3 Å². The fraction of sp³-hybridized carbons (Fsp3) is 0.217. The number of alkyl halides is 3. The Labute approximate surface area is 200 Å². The fourth-order valence-corrected chi connectivity index (χ4v) is 4.96. The Bertz CT molecular complexity index is 1530. The van der Waals surface area contributed by atoms with Gasteiger partial charge < -0.3 is 14.8 Å². The maximum Gasteiger partial charge on any atom is 0.433 e. The number of thiophene rings is 1. The fourth-order valence-electron chi connectivity index (χ4n) is 3.87. The lowest BCUT2D eigenvalue weighted by Crippen LogP contribution is -2.15. The highest BCUT2D eigenvalue weighted by Crippen LogP contribution is 2.38. The zero-order valence-electron chi connectivity index (χ0n) is 18.4. The monoisotopic (exact) mass is 499 g/mol. The molecule has 4 heterocycles. The van der Waals surface area contributed by atoms with Gasteiger partial charge in [-0.05, 0) is 43.2 Å². The lowest BCUT2D eigenvalue weighted by Gasteiger charge is -2.11. The van der Waals surface area contributed by atoms with E-state index < -0.39 is 17.8 Å². The summed E-state index contributed by atoms with van der Waals surface area (Å²) in [7, 11) is 0. The van der Waals surface area contributed by atoms with Crippen molar-refractivity contribution in [3.8, 4) is 28.8 Å². The number of nitrogens with zero attached hydrogens (tertiary/aromatic N) is 4. The number of benzene rings is 1. The van der Waals surface area contributed by atoms with Crippen LogP contribution in [-0.4, -0.2) is 27.3 Å².